The van der Waals surface area contributed by atoms with Crippen LogP contribution in [-0.2, 0) is 76.5 Å². The number of benzene rings is 3. The highest BCUT2D eigenvalue weighted by Crippen LogP contribution is 2.41. The van der Waals surface area contributed by atoms with Crippen molar-refractivity contribution in [2.24, 2.45) is 11.8 Å². The van der Waals surface area contributed by atoms with Crippen LogP contribution in [-0.4, -0.2) is 83.1 Å². The van der Waals surface area contributed by atoms with Gasteiger partial charge in [-0.2, -0.15) is 0 Å². The van der Waals surface area contributed by atoms with Gasteiger partial charge in [0, 0.05) is 16.7 Å². The summed E-state index contributed by atoms with van der Waals surface area (Å²) in [5.41, 5.74) is 6.39. The zero-order chi connectivity index (χ0) is 50.5. The minimum Gasteiger partial charge on any atom is -0.492 e. The molecule has 0 amide bonds. The van der Waals surface area contributed by atoms with Gasteiger partial charge in [0.05, 0.1) is 40.0 Å². The second-order valence-corrected chi connectivity index (χ2v) is 17.6. The van der Waals surface area contributed by atoms with E-state index in [0.29, 0.717) is 59.6 Å². The molecular formula is C55H69FO13. The van der Waals surface area contributed by atoms with Gasteiger partial charge < -0.3 is 33.2 Å². The second kappa shape index (κ2) is 28.2. The fraction of sp³-hybridized carbons (Fsp3) is 0.491. The normalized spacial score (nSPS) is 14.3. The number of methoxy groups -OCH3 is 2. The minimum atomic E-state index is -1.30. The third kappa shape index (κ3) is 16.7. The Kier molecular flexibility index (Phi) is 22.6. The van der Waals surface area contributed by atoms with Crippen LogP contribution in [0.25, 0.3) is 22.3 Å². The Hall–Kier alpha value is -6.31. The fourth-order valence-corrected chi connectivity index (χ4v) is 8.53. The van der Waals surface area contributed by atoms with Crippen molar-refractivity contribution in [3.8, 4) is 28.0 Å². The summed E-state index contributed by atoms with van der Waals surface area (Å²) >= 11 is 0. The van der Waals surface area contributed by atoms with Crippen molar-refractivity contribution in [1.82, 2.24) is 0 Å². The summed E-state index contributed by atoms with van der Waals surface area (Å²) in [6, 6.07) is 15.5. The largest absolute Gasteiger partial charge is 0.492 e. The van der Waals surface area contributed by atoms with Crippen LogP contribution < -0.4 is 4.74 Å². The zero-order valence-corrected chi connectivity index (χ0v) is 41.2. The Bertz CT molecular complexity index is 2240. The number of esters is 6. The number of ether oxygens (including phenoxy) is 7. The molecule has 0 spiro atoms. The summed E-state index contributed by atoms with van der Waals surface area (Å²) in [6.45, 7) is 13.4. The first kappa shape index (κ1) is 55.3. The SMILES string of the molecule is C=C(C)C(=O)OCCCc1cc(-c2ccc(-c3ccc(C4CCC(CCCCC)CC4)cc3)cc2F)c(CC)c(CCCOC(=O)C(=C)C)c1OCC(COC(=O)C(=O)OC)COC(=O)C(=O)OC. The second-order valence-electron chi connectivity index (χ2n) is 17.6. The highest BCUT2D eigenvalue weighted by molar-refractivity contribution is 6.30. The van der Waals surface area contributed by atoms with E-state index in [0.717, 1.165) is 36.8 Å². The lowest BCUT2D eigenvalue weighted by molar-refractivity contribution is -0.170. The number of halogens is 1. The Balaban J connectivity index is 1.74. The molecule has 14 heteroatoms. The molecular weight excluding hydrogens is 888 g/mol. The number of carbonyl (C=O) groups excluding carboxylic acids is 6. The molecule has 0 radical (unpaired) electrons. The van der Waals surface area contributed by atoms with Crippen LogP contribution in [0.3, 0.4) is 0 Å². The summed E-state index contributed by atoms with van der Waals surface area (Å²) in [7, 11) is 2.02. The molecule has 3 aromatic rings. The van der Waals surface area contributed by atoms with Gasteiger partial charge in [0.1, 0.15) is 24.8 Å². The van der Waals surface area contributed by atoms with Crippen molar-refractivity contribution < 1.29 is 66.3 Å². The van der Waals surface area contributed by atoms with E-state index >= 15 is 4.39 Å². The van der Waals surface area contributed by atoms with Crippen molar-refractivity contribution in [2.75, 3.05) is 47.3 Å². The molecule has 1 fully saturated rings. The summed E-state index contributed by atoms with van der Waals surface area (Å²) in [4.78, 5) is 72.9. The van der Waals surface area contributed by atoms with E-state index in [1.54, 1.807) is 26.0 Å². The molecule has 69 heavy (non-hydrogen) atoms. The van der Waals surface area contributed by atoms with Crippen molar-refractivity contribution in [3.05, 3.63) is 101 Å². The zero-order valence-electron chi connectivity index (χ0n) is 41.2. The summed E-state index contributed by atoms with van der Waals surface area (Å²) in [5, 5.41) is 0. The van der Waals surface area contributed by atoms with E-state index in [4.69, 9.17) is 23.7 Å². The number of aryl methyl sites for hydroxylation is 1. The number of unbranched alkanes of at least 4 members (excludes halogenated alkanes) is 2. The van der Waals surface area contributed by atoms with Crippen LogP contribution >= 0.6 is 0 Å². The van der Waals surface area contributed by atoms with Gasteiger partial charge in [-0.15, -0.1) is 0 Å². The smallest absolute Gasteiger partial charge is 0.417 e. The van der Waals surface area contributed by atoms with Gasteiger partial charge in [-0.3, -0.25) is 0 Å². The van der Waals surface area contributed by atoms with Crippen molar-refractivity contribution in [2.45, 2.75) is 117 Å². The summed E-state index contributed by atoms with van der Waals surface area (Å²) < 4.78 is 53.4. The number of hydrogen-bond acceptors (Lipinski definition) is 13. The molecule has 0 unspecified atom stereocenters. The predicted molar refractivity (Wildman–Crippen MR) is 259 cm³/mol. The highest BCUT2D eigenvalue weighted by Gasteiger charge is 2.27. The molecule has 374 valence electrons. The lowest BCUT2D eigenvalue weighted by atomic mass is 9.77. The monoisotopic (exact) mass is 956 g/mol. The topological polar surface area (TPSA) is 167 Å². The van der Waals surface area contributed by atoms with E-state index < -0.39 is 60.8 Å². The van der Waals surface area contributed by atoms with Gasteiger partial charge >= 0.3 is 35.8 Å². The van der Waals surface area contributed by atoms with Gasteiger partial charge in [0.25, 0.3) is 0 Å². The van der Waals surface area contributed by atoms with E-state index in [-0.39, 0.29) is 37.4 Å². The van der Waals surface area contributed by atoms with Crippen LogP contribution in [0.15, 0.2) is 72.8 Å². The Morgan fingerprint density at radius 3 is 1.71 bits per heavy atom. The molecule has 13 nitrogen and oxygen atoms in total. The Labute approximate surface area is 406 Å². The van der Waals surface area contributed by atoms with Crippen LogP contribution in [0.1, 0.15) is 120 Å². The average Bonchev–Trinajstić information content (AvgIpc) is 3.35. The lowest BCUT2D eigenvalue weighted by Gasteiger charge is -2.29. The third-order valence-electron chi connectivity index (χ3n) is 12.4. The first-order chi connectivity index (χ1) is 33.1. The van der Waals surface area contributed by atoms with E-state index in [9.17, 15) is 28.8 Å². The van der Waals surface area contributed by atoms with Gasteiger partial charge in [-0.1, -0.05) is 89.1 Å². The first-order valence-electron chi connectivity index (χ1n) is 24.0. The van der Waals surface area contributed by atoms with Gasteiger partial charge in [-0.25, -0.2) is 33.2 Å². The minimum absolute atomic E-state index is 0.0277. The van der Waals surface area contributed by atoms with Gasteiger partial charge in [-0.05, 0) is 135 Å². The molecule has 0 aromatic heterocycles. The molecule has 0 aliphatic heterocycles. The fourth-order valence-electron chi connectivity index (χ4n) is 8.53. The Morgan fingerprint density at radius 1 is 0.623 bits per heavy atom. The average molecular weight is 957 g/mol. The molecule has 0 N–H and O–H groups in total. The van der Waals surface area contributed by atoms with E-state index in [1.165, 1.54) is 56.9 Å². The maximum Gasteiger partial charge on any atom is 0.417 e. The standard InChI is InChI=1S/C55H69FO13/c1-9-11-12-15-37-18-20-39(21-19-37)40-22-24-41(25-23-40)42-26-27-45(48(56)31-42)47-30-43(16-13-28-65-50(57)35(3)4)49(46(44(47)10-2)17-14-29-66-51(58)36(5)6)67-32-38(33-68-54(61)52(59)63-7)34-69-55(62)53(60)64-8/h22-27,30-31,37-39H,3,5,9-21,28-29,32-34H2,1-2,4,6-8H3. The summed E-state index contributed by atoms with van der Waals surface area (Å²) in [6.07, 6.45) is 11.7. The molecule has 4 rings (SSSR count). The highest BCUT2D eigenvalue weighted by atomic mass is 19.1. The molecule has 1 aliphatic carbocycles. The quantitative estimate of drug-likeness (QED) is 0.0259. The third-order valence-corrected chi connectivity index (χ3v) is 12.4. The van der Waals surface area contributed by atoms with Crippen LogP contribution in [0.2, 0.25) is 0 Å². The summed E-state index contributed by atoms with van der Waals surface area (Å²) in [5.74, 6) is -5.87. The molecule has 3 aromatic carbocycles. The van der Waals surface area contributed by atoms with Crippen molar-refractivity contribution >= 4 is 35.8 Å². The van der Waals surface area contributed by atoms with Crippen LogP contribution in [0.4, 0.5) is 4.39 Å². The van der Waals surface area contributed by atoms with Crippen LogP contribution in [0.5, 0.6) is 5.75 Å². The van der Waals surface area contributed by atoms with Gasteiger partial charge in [0.2, 0.25) is 0 Å². The molecule has 1 aliphatic rings. The van der Waals surface area contributed by atoms with E-state index in [2.05, 4.69) is 53.8 Å². The van der Waals surface area contributed by atoms with Crippen molar-refractivity contribution in [1.29, 1.82) is 0 Å². The molecule has 1 saturated carbocycles. The lowest BCUT2D eigenvalue weighted by Crippen LogP contribution is -2.30. The maximum atomic E-state index is 16.8. The van der Waals surface area contributed by atoms with E-state index in [1.807, 2.05) is 19.1 Å². The van der Waals surface area contributed by atoms with Gasteiger partial charge in [0.15, 0.2) is 0 Å². The number of hydrogen-bond donors (Lipinski definition) is 0. The predicted octanol–water partition coefficient (Wildman–Crippen LogP) is 10.1. The molecule has 0 bridgehead atoms. The first-order valence-corrected chi connectivity index (χ1v) is 24.0. The Morgan fingerprint density at radius 2 is 1.19 bits per heavy atom. The van der Waals surface area contributed by atoms with Crippen LogP contribution in [0, 0.1) is 17.7 Å². The number of rotatable bonds is 25. The van der Waals surface area contributed by atoms with Crippen molar-refractivity contribution in [3.63, 3.8) is 0 Å². The maximum absolute atomic E-state index is 16.8. The molecule has 0 saturated heterocycles. The number of carbonyl (C=O) groups is 6. The molecule has 0 atom stereocenters. The molecule has 0 heterocycles.